The van der Waals surface area contributed by atoms with Crippen LogP contribution in [-0.2, 0) is 4.79 Å². The molecule has 0 heterocycles. The number of alkyl halides is 12. The van der Waals surface area contributed by atoms with Crippen LogP contribution in [0.1, 0.15) is 33.6 Å². The molecule has 0 aromatic rings. The van der Waals surface area contributed by atoms with Gasteiger partial charge in [-0.2, -0.15) is 43.9 Å². The fourth-order valence-electron chi connectivity index (χ4n) is 1.66. The molecule has 0 atom stereocenters. The second-order valence-corrected chi connectivity index (χ2v) is 6.59. The maximum atomic E-state index is 13.5. The Morgan fingerprint density at radius 2 is 1.25 bits per heavy atom. The summed E-state index contributed by atoms with van der Waals surface area (Å²) in [7, 11) is 0. The van der Waals surface area contributed by atoms with Crippen LogP contribution in [0.15, 0.2) is 0 Å². The molecule has 0 rings (SSSR count). The third-order valence-corrected chi connectivity index (χ3v) is 4.16. The lowest BCUT2D eigenvalue weighted by molar-refractivity contribution is -0.413. The molecule has 0 aliphatic heterocycles. The molecular weight excluding hydrogens is 426 g/mol. The third-order valence-electron chi connectivity index (χ3n) is 4.16. The van der Waals surface area contributed by atoms with Crippen LogP contribution < -0.4 is 5.32 Å². The van der Waals surface area contributed by atoms with E-state index in [1.807, 2.05) is 0 Å². The number of nitrogens with one attached hydrogen (secondary N) is 1. The average Bonchev–Trinajstić information content (AvgIpc) is 2.53. The van der Waals surface area contributed by atoms with Crippen molar-refractivity contribution >= 4 is 5.91 Å². The summed E-state index contributed by atoms with van der Waals surface area (Å²) in [6.07, 6.45) is -7.73. The van der Waals surface area contributed by atoms with E-state index >= 15 is 0 Å². The van der Waals surface area contributed by atoms with E-state index in [0.29, 0.717) is 0 Å². The Balaban J connectivity index is 5.61. The standard InChI is InChI=1S/C14H17F12NO/c1-4-9(2,3)8(28)27-6-5-10(17,18)12(21,22)14(25,26)13(23,24)11(19,20)7(15)16/h7H,4-6H2,1-3H3,(H,27,28). The first-order valence-corrected chi connectivity index (χ1v) is 7.59. The number of amides is 1. The highest BCUT2D eigenvalue weighted by molar-refractivity contribution is 5.81. The van der Waals surface area contributed by atoms with Gasteiger partial charge in [-0.05, 0) is 6.42 Å². The monoisotopic (exact) mass is 443 g/mol. The molecule has 0 aliphatic carbocycles. The van der Waals surface area contributed by atoms with Crippen molar-refractivity contribution < 1.29 is 57.5 Å². The van der Waals surface area contributed by atoms with Gasteiger partial charge in [0.05, 0.1) is 0 Å². The highest BCUT2D eigenvalue weighted by Crippen LogP contribution is 2.58. The Labute approximate surface area is 151 Å². The van der Waals surface area contributed by atoms with Crippen LogP contribution in [0.4, 0.5) is 52.7 Å². The minimum absolute atomic E-state index is 0.151. The molecule has 28 heavy (non-hydrogen) atoms. The fourth-order valence-corrected chi connectivity index (χ4v) is 1.66. The second kappa shape index (κ2) is 7.81. The molecule has 1 N–H and O–H groups in total. The Hall–Kier alpha value is -1.37. The highest BCUT2D eigenvalue weighted by Gasteiger charge is 2.87. The van der Waals surface area contributed by atoms with Gasteiger partial charge >= 0.3 is 36.0 Å². The Bertz CT molecular complexity index is 559. The predicted molar refractivity (Wildman–Crippen MR) is 72.4 cm³/mol. The number of halogens is 12. The molecule has 0 fully saturated rings. The van der Waals surface area contributed by atoms with Crippen LogP contribution in [-0.4, -0.2) is 48.5 Å². The van der Waals surface area contributed by atoms with E-state index in [2.05, 4.69) is 0 Å². The molecule has 0 unspecified atom stereocenters. The lowest BCUT2D eigenvalue weighted by Crippen LogP contribution is -2.68. The van der Waals surface area contributed by atoms with Gasteiger partial charge in [0.15, 0.2) is 0 Å². The normalized spacial score (nSPS) is 15.1. The fraction of sp³-hybridized carbons (Fsp3) is 0.929. The molecule has 0 saturated carbocycles. The van der Waals surface area contributed by atoms with E-state index in [1.165, 1.54) is 20.8 Å². The molecule has 0 aliphatic rings. The summed E-state index contributed by atoms with van der Waals surface area (Å²) in [5.74, 6) is -36.2. The maximum Gasteiger partial charge on any atom is 0.384 e. The van der Waals surface area contributed by atoms with Crippen molar-refractivity contribution in [2.24, 2.45) is 5.41 Å². The molecule has 1 amide bonds. The second-order valence-electron chi connectivity index (χ2n) is 6.59. The molecule has 0 saturated heterocycles. The van der Waals surface area contributed by atoms with Crippen LogP contribution in [0.2, 0.25) is 0 Å². The van der Waals surface area contributed by atoms with Gasteiger partial charge in [-0.1, -0.05) is 20.8 Å². The molecule has 2 nitrogen and oxygen atoms in total. The van der Waals surface area contributed by atoms with E-state index in [-0.39, 0.29) is 6.42 Å². The van der Waals surface area contributed by atoms with Gasteiger partial charge < -0.3 is 5.32 Å². The number of hydrogen-bond donors (Lipinski definition) is 1. The van der Waals surface area contributed by atoms with Crippen molar-refractivity contribution in [1.82, 2.24) is 5.32 Å². The smallest absolute Gasteiger partial charge is 0.355 e. The highest BCUT2D eigenvalue weighted by atomic mass is 19.4. The van der Waals surface area contributed by atoms with Crippen LogP contribution in [0.25, 0.3) is 0 Å². The van der Waals surface area contributed by atoms with Gasteiger partial charge in [0.2, 0.25) is 5.91 Å². The quantitative estimate of drug-likeness (QED) is 0.452. The molecule has 168 valence electrons. The molecule has 0 aromatic heterocycles. The summed E-state index contributed by atoms with van der Waals surface area (Å²) in [6.45, 7) is 2.72. The Morgan fingerprint density at radius 3 is 1.61 bits per heavy atom. The number of hydrogen-bond acceptors (Lipinski definition) is 1. The summed E-state index contributed by atoms with van der Waals surface area (Å²) >= 11 is 0. The minimum Gasteiger partial charge on any atom is -0.355 e. The van der Waals surface area contributed by atoms with E-state index in [1.54, 1.807) is 5.32 Å². The lowest BCUT2D eigenvalue weighted by Gasteiger charge is -2.39. The third kappa shape index (κ3) is 4.29. The molecule has 0 radical (unpaired) electrons. The number of carbonyl (C=O) groups is 1. The maximum absolute atomic E-state index is 13.5. The first-order chi connectivity index (χ1) is 12.1. The van der Waals surface area contributed by atoms with Crippen molar-refractivity contribution in [3.63, 3.8) is 0 Å². The molecule has 0 bridgehead atoms. The summed E-state index contributed by atoms with van der Waals surface area (Å²) in [5.41, 5.74) is -1.17. The van der Waals surface area contributed by atoms with E-state index < -0.39 is 60.3 Å². The minimum atomic E-state index is -7.55. The van der Waals surface area contributed by atoms with E-state index in [9.17, 15) is 57.5 Å². The zero-order valence-electron chi connectivity index (χ0n) is 14.6. The van der Waals surface area contributed by atoms with Gasteiger partial charge in [-0.25, -0.2) is 8.78 Å². The molecule has 14 heteroatoms. The van der Waals surface area contributed by atoms with Gasteiger partial charge in [0, 0.05) is 18.4 Å². The summed E-state index contributed by atoms with van der Waals surface area (Å²) < 4.78 is 156. The van der Waals surface area contributed by atoms with Crippen LogP contribution in [0.5, 0.6) is 0 Å². The van der Waals surface area contributed by atoms with Gasteiger partial charge in [0.25, 0.3) is 0 Å². The zero-order chi connectivity index (χ0) is 23.0. The Kier molecular flexibility index (Phi) is 7.42. The van der Waals surface area contributed by atoms with Gasteiger partial charge in [-0.15, -0.1) is 0 Å². The first kappa shape index (κ1) is 26.6. The molecule has 0 spiro atoms. The predicted octanol–water partition coefficient (Wildman–Crippen LogP) is 5.37. The Morgan fingerprint density at radius 1 is 0.821 bits per heavy atom. The zero-order valence-corrected chi connectivity index (χ0v) is 14.6. The summed E-state index contributed by atoms with van der Waals surface area (Å²) in [5, 5.41) is 1.69. The van der Waals surface area contributed by atoms with Crippen molar-refractivity contribution in [3.8, 4) is 0 Å². The largest absolute Gasteiger partial charge is 0.384 e. The average molecular weight is 443 g/mol. The topological polar surface area (TPSA) is 29.1 Å². The van der Waals surface area contributed by atoms with Crippen molar-refractivity contribution in [2.75, 3.05) is 6.54 Å². The summed E-state index contributed by atoms with van der Waals surface area (Å²) in [6, 6.07) is 0. The lowest BCUT2D eigenvalue weighted by atomic mass is 9.89. The number of carbonyl (C=O) groups excluding carboxylic acids is 1. The molecule has 0 aromatic carbocycles. The van der Waals surface area contributed by atoms with Gasteiger partial charge in [0.1, 0.15) is 0 Å². The van der Waals surface area contributed by atoms with Gasteiger partial charge in [-0.3, -0.25) is 4.79 Å². The van der Waals surface area contributed by atoms with Crippen molar-refractivity contribution in [3.05, 3.63) is 0 Å². The van der Waals surface area contributed by atoms with Crippen LogP contribution in [0, 0.1) is 5.41 Å². The van der Waals surface area contributed by atoms with E-state index in [0.717, 1.165) is 0 Å². The van der Waals surface area contributed by atoms with Crippen molar-refractivity contribution in [2.45, 2.75) is 69.7 Å². The van der Waals surface area contributed by atoms with E-state index in [4.69, 9.17) is 0 Å². The number of rotatable bonds is 10. The summed E-state index contributed by atoms with van der Waals surface area (Å²) in [4.78, 5) is 11.6. The van der Waals surface area contributed by atoms with Crippen molar-refractivity contribution in [1.29, 1.82) is 0 Å². The SMILES string of the molecule is CCC(C)(C)C(=O)NCCC(F)(F)C(F)(F)C(F)(F)C(F)(F)C(F)(F)C(F)F. The van der Waals surface area contributed by atoms with Crippen LogP contribution in [0.3, 0.4) is 0 Å². The first-order valence-electron chi connectivity index (χ1n) is 7.59. The van der Waals surface area contributed by atoms with Crippen LogP contribution >= 0.6 is 0 Å². The molecular formula is C14H17F12NO.